The average Bonchev–Trinajstić information content (AvgIpc) is 2.77. The largest absolute Gasteiger partial charge is 0.493 e. The monoisotopic (exact) mass is 423 g/mol. The van der Waals surface area contributed by atoms with Gasteiger partial charge in [-0.15, -0.1) is 0 Å². The molecule has 4 rings (SSSR count). The molecule has 3 aromatic rings. The summed E-state index contributed by atoms with van der Waals surface area (Å²) in [6.45, 7) is 0. The highest BCUT2D eigenvalue weighted by Crippen LogP contribution is 2.38. The minimum atomic E-state index is -0.419. The van der Waals surface area contributed by atoms with Crippen molar-refractivity contribution in [2.24, 2.45) is 0 Å². The molecule has 154 valence electrons. The maximum absolute atomic E-state index is 12.9. The number of ether oxygens (including phenoxy) is 2. The van der Waals surface area contributed by atoms with Crippen LogP contribution in [0.1, 0.15) is 29.0 Å². The zero-order valence-electron chi connectivity index (χ0n) is 16.6. The van der Waals surface area contributed by atoms with Crippen molar-refractivity contribution >= 4 is 23.5 Å². The zero-order chi connectivity index (χ0) is 21.1. The molecule has 2 aromatic carbocycles. The molecule has 0 spiro atoms. The summed E-state index contributed by atoms with van der Waals surface area (Å²) in [5, 5.41) is 3.22. The number of carbonyl (C=O) groups is 1. The number of aromatic nitrogens is 2. The molecule has 7 nitrogen and oxygen atoms in total. The van der Waals surface area contributed by atoms with Gasteiger partial charge in [-0.25, -0.2) is 4.98 Å². The van der Waals surface area contributed by atoms with Crippen molar-refractivity contribution < 1.29 is 14.3 Å². The van der Waals surface area contributed by atoms with Gasteiger partial charge in [-0.1, -0.05) is 48.2 Å². The van der Waals surface area contributed by atoms with Gasteiger partial charge in [0, 0.05) is 18.1 Å². The second kappa shape index (κ2) is 8.62. The normalized spacial score (nSPS) is 15.3. The van der Waals surface area contributed by atoms with Crippen LogP contribution in [0.2, 0.25) is 0 Å². The lowest BCUT2D eigenvalue weighted by Gasteiger charge is -2.25. The van der Waals surface area contributed by atoms with Crippen LogP contribution in [0.3, 0.4) is 0 Å². The van der Waals surface area contributed by atoms with Crippen molar-refractivity contribution in [1.29, 1.82) is 0 Å². The van der Waals surface area contributed by atoms with E-state index in [0.29, 0.717) is 33.8 Å². The van der Waals surface area contributed by atoms with Crippen LogP contribution in [-0.2, 0) is 10.5 Å². The van der Waals surface area contributed by atoms with Crippen molar-refractivity contribution in [2.45, 2.75) is 23.2 Å². The third-order valence-electron chi connectivity index (χ3n) is 4.96. The third-order valence-corrected chi connectivity index (χ3v) is 5.90. The fraction of sp³-hybridized carbons (Fsp3) is 0.227. The molecule has 30 heavy (non-hydrogen) atoms. The van der Waals surface area contributed by atoms with Crippen molar-refractivity contribution in [2.75, 3.05) is 19.5 Å². The lowest BCUT2D eigenvalue weighted by molar-refractivity contribution is -0.116. The van der Waals surface area contributed by atoms with Gasteiger partial charge in [0.05, 0.1) is 19.8 Å². The number of anilines is 1. The van der Waals surface area contributed by atoms with Crippen LogP contribution in [0, 0.1) is 0 Å². The Kier molecular flexibility index (Phi) is 5.76. The van der Waals surface area contributed by atoms with Gasteiger partial charge in [-0.05, 0) is 23.3 Å². The lowest BCUT2D eigenvalue weighted by Crippen LogP contribution is -2.31. The first-order valence-electron chi connectivity index (χ1n) is 9.41. The summed E-state index contributed by atoms with van der Waals surface area (Å²) >= 11 is 1.42. The smallest absolute Gasteiger partial charge is 0.257 e. The SMILES string of the molecule is COc1ccc([C@H]2CC(=O)Nc3nc(SCc4ccccc4)[nH]c(=O)c32)cc1OC. The minimum Gasteiger partial charge on any atom is -0.493 e. The van der Waals surface area contributed by atoms with E-state index in [4.69, 9.17) is 9.47 Å². The Morgan fingerprint density at radius 3 is 2.57 bits per heavy atom. The van der Waals surface area contributed by atoms with Gasteiger partial charge in [0.25, 0.3) is 5.56 Å². The van der Waals surface area contributed by atoms with E-state index in [9.17, 15) is 9.59 Å². The number of carbonyl (C=O) groups excluding carboxylic acids is 1. The van der Waals surface area contributed by atoms with Crippen LogP contribution in [0.15, 0.2) is 58.5 Å². The van der Waals surface area contributed by atoms with Crippen molar-refractivity contribution in [3.05, 3.63) is 75.6 Å². The van der Waals surface area contributed by atoms with Crippen LogP contribution in [0.25, 0.3) is 0 Å². The van der Waals surface area contributed by atoms with Gasteiger partial charge in [0.15, 0.2) is 16.7 Å². The van der Waals surface area contributed by atoms with E-state index in [1.165, 1.54) is 11.8 Å². The highest BCUT2D eigenvalue weighted by Gasteiger charge is 2.31. The summed E-state index contributed by atoms with van der Waals surface area (Å²) in [6.07, 6.45) is 0.156. The topological polar surface area (TPSA) is 93.3 Å². The van der Waals surface area contributed by atoms with E-state index in [-0.39, 0.29) is 17.9 Å². The van der Waals surface area contributed by atoms with Crippen LogP contribution in [0.5, 0.6) is 11.5 Å². The number of nitrogens with one attached hydrogen (secondary N) is 2. The molecule has 0 aliphatic carbocycles. The number of amides is 1. The van der Waals surface area contributed by atoms with Gasteiger partial charge in [0.1, 0.15) is 5.82 Å². The van der Waals surface area contributed by atoms with Gasteiger partial charge < -0.3 is 19.8 Å². The number of hydrogen-bond donors (Lipinski definition) is 2. The summed E-state index contributed by atoms with van der Waals surface area (Å²) in [6, 6.07) is 15.3. The predicted molar refractivity (Wildman–Crippen MR) is 115 cm³/mol. The van der Waals surface area contributed by atoms with Crippen molar-refractivity contribution in [3.8, 4) is 11.5 Å². The Labute approximate surface area is 177 Å². The number of hydrogen-bond acceptors (Lipinski definition) is 6. The van der Waals surface area contributed by atoms with Gasteiger partial charge in [0.2, 0.25) is 5.91 Å². The molecule has 0 unspecified atom stereocenters. The number of fused-ring (bicyclic) bond motifs is 1. The van der Waals surface area contributed by atoms with E-state index in [1.807, 2.05) is 36.4 Å². The third kappa shape index (κ3) is 4.04. The molecule has 0 fully saturated rings. The molecule has 1 aliphatic heterocycles. The molecule has 0 bridgehead atoms. The van der Waals surface area contributed by atoms with Crippen LogP contribution < -0.4 is 20.3 Å². The maximum atomic E-state index is 12.9. The van der Waals surface area contributed by atoms with Crippen molar-refractivity contribution in [3.63, 3.8) is 0 Å². The summed E-state index contributed by atoms with van der Waals surface area (Å²) in [4.78, 5) is 32.7. The Morgan fingerprint density at radius 2 is 1.83 bits per heavy atom. The summed E-state index contributed by atoms with van der Waals surface area (Å²) in [5.74, 6) is 1.50. The molecule has 0 saturated heterocycles. The van der Waals surface area contributed by atoms with Crippen LogP contribution in [-0.4, -0.2) is 30.1 Å². The van der Waals surface area contributed by atoms with Gasteiger partial charge in [-0.2, -0.15) is 0 Å². The molecule has 2 N–H and O–H groups in total. The first kappa shape index (κ1) is 20.0. The Bertz CT molecular complexity index is 1130. The predicted octanol–water partition coefficient (Wildman–Crippen LogP) is 3.55. The fourth-order valence-electron chi connectivity index (χ4n) is 3.50. The number of rotatable bonds is 6. The maximum Gasteiger partial charge on any atom is 0.257 e. The molecular weight excluding hydrogens is 402 g/mol. The number of aromatic amines is 1. The quantitative estimate of drug-likeness (QED) is 0.465. The highest BCUT2D eigenvalue weighted by molar-refractivity contribution is 7.98. The lowest BCUT2D eigenvalue weighted by atomic mass is 9.86. The Hall–Kier alpha value is -3.26. The molecule has 0 radical (unpaired) electrons. The minimum absolute atomic E-state index is 0.156. The molecule has 1 amide bonds. The summed E-state index contributed by atoms with van der Waals surface area (Å²) in [7, 11) is 3.11. The number of benzene rings is 2. The molecule has 1 atom stereocenters. The average molecular weight is 423 g/mol. The van der Waals surface area contributed by atoms with Crippen LogP contribution in [0.4, 0.5) is 5.82 Å². The number of methoxy groups -OCH3 is 2. The molecule has 8 heteroatoms. The Morgan fingerprint density at radius 1 is 1.07 bits per heavy atom. The molecule has 1 aliphatic rings. The van der Waals surface area contributed by atoms with Gasteiger partial charge in [-0.3, -0.25) is 9.59 Å². The second-order valence-corrected chi connectivity index (χ2v) is 7.79. The number of thioether (sulfide) groups is 1. The fourth-order valence-corrected chi connectivity index (χ4v) is 4.32. The molecule has 1 aromatic heterocycles. The summed E-state index contributed by atoms with van der Waals surface area (Å²) < 4.78 is 10.7. The van der Waals surface area contributed by atoms with E-state index in [2.05, 4.69) is 15.3 Å². The van der Waals surface area contributed by atoms with Gasteiger partial charge >= 0.3 is 0 Å². The van der Waals surface area contributed by atoms with Crippen molar-refractivity contribution in [1.82, 2.24) is 9.97 Å². The first-order valence-corrected chi connectivity index (χ1v) is 10.4. The Balaban J connectivity index is 1.68. The second-order valence-electron chi connectivity index (χ2n) is 6.83. The first-order chi connectivity index (χ1) is 14.6. The van der Waals surface area contributed by atoms with E-state index < -0.39 is 5.92 Å². The molecule has 2 heterocycles. The number of H-pyrrole nitrogens is 1. The van der Waals surface area contributed by atoms with E-state index in [1.54, 1.807) is 26.4 Å². The van der Waals surface area contributed by atoms with E-state index in [0.717, 1.165) is 11.1 Å². The molecule has 0 saturated carbocycles. The highest BCUT2D eigenvalue weighted by atomic mass is 32.2. The summed E-state index contributed by atoms with van der Waals surface area (Å²) in [5.41, 5.74) is 2.11. The van der Waals surface area contributed by atoms with E-state index >= 15 is 0 Å². The number of nitrogens with zero attached hydrogens (tertiary/aromatic N) is 1. The standard InChI is InChI=1S/C22H21N3O4S/c1-28-16-9-8-14(10-17(16)29-2)15-11-18(26)23-20-19(15)21(27)25-22(24-20)30-12-13-6-4-3-5-7-13/h3-10,15H,11-12H2,1-2H3,(H2,23,24,25,26,27)/t15-/m1/s1. The van der Waals surface area contributed by atoms with Crippen LogP contribution >= 0.6 is 11.8 Å². The molecular formula is C22H21N3O4S. The zero-order valence-corrected chi connectivity index (χ0v) is 17.4.